The molecular formula is C10H22NO3P. The predicted molar refractivity (Wildman–Crippen MR) is 62.9 cm³/mol. The van der Waals surface area contributed by atoms with Gasteiger partial charge in [0.15, 0.2) is 0 Å². The first-order valence-electron chi connectivity index (χ1n) is 5.41. The topological polar surface area (TPSA) is 61.5 Å². The zero-order chi connectivity index (χ0) is 11.7. The molecule has 0 fully saturated rings. The Labute approximate surface area is 92.4 Å². The van der Waals surface area contributed by atoms with Crippen molar-refractivity contribution in [2.45, 2.75) is 33.6 Å². The van der Waals surface area contributed by atoms with E-state index in [2.05, 4.69) is 6.92 Å². The first-order valence-corrected chi connectivity index (χ1v) is 7.02. The molecule has 0 aromatic carbocycles. The summed E-state index contributed by atoms with van der Waals surface area (Å²) in [6.07, 6.45) is 1.81. The van der Waals surface area contributed by atoms with Crippen LogP contribution in [0.5, 0.6) is 0 Å². The van der Waals surface area contributed by atoms with E-state index in [0.717, 1.165) is 18.4 Å². The van der Waals surface area contributed by atoms with Crippen molar-refractivity contribution in [1.29, 1.82) is 0 Å². The van der Waals surface area contributed by atoms with Gasteiger partial charge >= 0.3 is 7.60 Å². The van der Waals surface area contributed by atoms with Gasteiger partial charge in [-0.2, -0.15) is 0 Å². The molecule has 0 spiro atoms. The summed E-state index contributed by atoms with van der Waals surface area (Å²) in [5.74, 6) is 1.57. The maximum absolute atomic E-state index is 12.1. The fraction of sp³-hybridized carbons (Fsp3) is 0.800. The molecule has 0 bridgehead atoms. The van der Waals surface area contributed by atoms with E-state index >= 15 is 0 Å². The second-order valence-electron chi connectivity index (χ2n) is 3.12. The Morgan fingerprint density at radius 1 is 1.27 bits per heavy atom. The first-order chi connectivity index (χ1) is 7.11. The summed E-state index contributed by atoms with van der Waals surface area (Å²) < 4.78 is 22.4. The van der Waals surface area contributed by atoms with Gasteiger partial charge in [-0.3, -0.25) is 4.57 Å². The standard InChI is InChI=1S/C10H22NO3P/c1-4-7-10(8-11)9-15(12,13-5-2)14-6-3/h9H,4-8,11H2,1-3H3. The van der Waals surface area contributed by atoms with Gasteiger partial charge < -0.3 is 14.8 Å². The zero-order valence-electron chi connectivity index (χ0n) is 9.86. The Balaban J connectivity index is 4.67. The molecule has 0 saturated heterocycles. The van der Waals surface area contributed by atoms with Gasteiger partial charge in [0, 0.05) is 12.4 Å². The maximum atomic E-state index is 12.1. The minimum atomic E-state index is -3.06. The zero-order valence-corrected chi connectivity index (χ0v) is 10.8. The van der Waals surface area contributed by atoms with Crippen LogP contribution in [0.15, 0.2) is 11.4 Å². The third kappa shape index (κ3) is 6.10. The highest BCUT2D eigenvalue weighted by molar-refractivity contribution is 7.57. The average Bonchev–Trinajstić information content (AvgIpc) is 2.17. The van der Waals surface area contributed by atoms with Crippen LogP contribution >= 0.6 is 7.60 Å². The minimum absolute atomic E-state index is 0.373. The summed E-state index contributed by atoms with van der Waals surface area (Å²) >= 11 is 0. The fourth-order valence-electron chi connectivity index (χ4n) is 1.24. The van der Waals surface area contributed by atoms with Crippen molar-refractivity contribution >= 4 is 7.60 Å². The summed E-state index contributed by atoms with van der Waals surface area (Å²) in [5, 5.41) is 0. The van der Waals surface area contributed by atoms with Crippen molar-refractivity contribution in [2.24, 2.45) is 5.73 Å². The number of hydrogen-bond acceptors (Lipinski definition) is 4. The van der Waals surface area contributed by atoms with Gasteiger partial charge in [-0.05, 0) is 25.8 Å². The molecule has 0 radical (unpaired) electrons. The highest BCUT2D eigenvalue weighted by atomic mass is 31.2. The van der Waals surface area contributed by atoms with E-state index in [1.165, 1.54) is 0 Å². The smallest absolute Gasteiger partial charge is 0.327 e. The molecule has 2 N–H and O–H groups in total. The average molecular weight is 235 g/mol. The summed E-state index contributed by atoms with van der Waals surface area (Å²) in [7, 11) is -3.06. The van der Waals surface area contributed by atoms with E-state index < -0.39 is 7.60 Å². The third-order valence-corrected chi connectivity index (χ3v) is 3.71. The lowest BCUT2D eigenvalue weighted by atomic mass is 10.2. The van der Waals surface area contributed by atoms with Crippen molar-refractivity contribution in [3.05, 3.63) is 11.4 Å². The van der Waals surface area contributed by atoms with Crippen LogP contribution in [-0.2, 0) is 13.6 Å². The van der Waals surface area contributed by atoms with Crippen LogP contribution in [0.2, 0.25) is 0 Å². The van der Waals surface area contributed by atoms with Crippen LogP contribution < -0.4 is 5.73 Å². The lowest BCUT2D eigenvalue weighted by molar-refractivity contribution is 0.228. The number of nitrogens with two attached hydrogens (primary N) is 1. The quantitative estimate of drug-likeness (QED) is 0.657. The van der Waals surface area contributed by atoms with Crippen molar-refractivity contribution in [1.82, 2.24) is 0 Å². The van der Waals surface area contributed by atoms with E-state index in [1.807, 2.05) is 0 Å². The van der Waals surface area contributed by atoms with Crippen LogP contribution in [0.1, 0.15) is 33.6 Å². The van der Waals surface area contributed by atoms with Gasteiger partial charge in [0.05, 0.1) is 13.2 Å². The molecule has 0 rings (SSSR count). The van der Waals surface area contributed by atoms with Crippen LogP contribution in [0.25, 0.3) is 0 Å². The van der Waals surface area contributed by atoms with Gasteiger partial charge in [-0.15, -0.1) is 0 Å². The Morgan fingerprint density at radius 3 is 2.13 bits per heavy atom. The molecule has 0 saturated carbocycles. The van der Waals surface area contributed by atoms with Crippen molar-refractivity contribution in [3.8, 4) is 0 Å². The Morgan fingerprint density at radius 2 is 1.80 bits per heavy atom. The molecule has 0 aliphatic carbocycles. The molecule has 0 atom stereocenters. The van der Waals surface area contributed by atoms with Gasteiger partial charge in [0.2, 0.25) is 0 Å². The van der Waals surface area contributed by atoms with Gasteiger partial charge in [0.1, 0.15) is 0 Å². The van der Waals surface area contributed by atoms with Crippen molar-refractivity contribution in [3.63, 3.8) is 0 Å². The normalized spacial score (nSPS) is 13.2. The largest absolute Gasteiger partial charge is 0.354 e. The summed E-state index contributed by atoms with van der Waals surface area (Å²) in [6, 6.07) is 0. The van der Waals surface area contributed by atoms with E-state index in [0.29, 0.717) is 19.8 Å². The van der Waals surface area contributed by atoms with Crippen LogP contribution in [0.3, 0.4) is 0 Å². The summed E-state index contributed by atoms with van der Waals surface area (Å²) in [5.41, 5.74) is 6.49. The molecular weight excluding hydrogens is 213 g/mol. The van der Waals surface area contributed by atoms with Crippen molar-refractivity contribution < 1.29 is 13.6 Å². The number of rotatable bonds is 8. The minimum Gasteiger partial charge on any atom is -0.327 e. The summed E-state index contributed by atoms with van der Waals surface area (Å²) in [6.45, 7) is 6.78. The van der Waals surface area contributed by atoms with Crippen LogP contribution in [0, 0.1) is 0 Å². The fourth-order valence-corrected chi connectivity index (χ4v) is 2.86. The lowest BCUT2D eigenvalue weighted by Crippen LogP contribution is -2.04. The van der Waals surface area contributed by atoms with Gasteiger partial charge in [0.25, 0.3) is 0 Å². The Bertz CT molecular complexity index is 231. The third-order valence-electron chi connectivity index (χ3n) is 1.79. The highest BCUT2D eigenvalue weighted by Gasteiger charge is 2.20. The second-order valence-corrected chi connectivity index (χ2v) is 4.97. The molecule has 0 aromatic heterocycles. The van der Waals surface area contributed by atoms with E-state index in [4.69, 9.17) is 14.8 Å². The molecule has 15 heavy (non-hydrogen) atoms. The molecule has 0 aromatic rings. The molecule has 0 aliphatic heterocycles. The van der Waals surface area contributed by atoms with Crippen LogP contribution in [-0.4, -0.2) is 19.8 Å². The Hall–Kier alpha value is -0.150. The monoisotopic (exact) mass is 235 g/mol. The Kier molecular flexibility index (Phi) is 7.97. The van der Waals surface area contributed by atoms with Gasteiger partial charge in [-0.25, -0.2) is 0 Å². The van der Waals surface area contributed by atoms with Crippen molar-refractivity contribution in [2.75, 3.05) is 19.8 Å². The SMILES string of the molecule is CCCC(=CP(=O)(OCC)OCC)CN. The molecule has 0 aliphatic rings. The van der Waals surface area contributed by atoms with E-state index in [-0.39, 0.29) is 0 Å². The molecule has 90 valence electrons. The molecule has 5 heteroatoms. The second kappa shape index (κ2) is 8.05. The highest BCUT2D eigenvalue weighted by Crippen LogP contribution is 2.50. The number of hydrogen-bond donors (Lipinski definition) is 1. The van der Waals surface area contributed by atoms with Gasteiger partial charge in [-0.1, -0.05) is 13.3 Å². The lowest BCUT2D eigenvalue weighted by Gasteiger charge is -2.14. The molecule has 0 heterocycles. The van der Waals surface area contributed by atoms with E-state index in [1.54, 1.807) is 19.7 Å². The summed E-state index contributed by atoms with van der Waals surface area (Å²) in [4.78, 5) is 0. The predicted octanol–water partition coefficient (Wildman–Crippen LogP) is 2.90. The first kappa shape index (κ1) is 14.8. The van der Waals surface area contributed by atoms with E-state index in [9.17, 15) is 4.57 Å². The maximum Gasteiger partial charge on any atom is 0.354 e. The molecule has 4 nitrogen and oxygen atoms in total. The molecule has 0 unspecified atom stereocenters. The molecule has 0 amide bonds. The van der Waals surface area contributed by atoms with Crippen LogP contribution in [0.4, 0.5) is 0 Å².